The normalized spacial score (nSPS) is 18.3. The Morgan fingerprint density at radius 3 is 2.65 bits per heavy atom. The highest BCUT2D eigenvalue weighted by atomic mass is 35.5. The molecule has 5 nitrogen and oxygen atoms in total. The number of nitrogens with zero attached hydrogens (tertiary/aromatic N) is 1. The molecule has 0 amide bonds. The smallest absolute Gasteiger partial charge is 0.405 e. The largest absolute Gasteiger partial charge is 0.573 e. The van der Waals surface area contributed by atoms with Crippen molar-refractivity contribution < 1.29 is 22.7 Å². The fourth-order valence-corrected chi connectivity index (χ4v) is 4.53. The Labute approximate surface area is 181 Å². The van der Waals surface area contributed by atoms with Gasteiger partial charge in [-0.2, -0.15) is 0 Å². The van der Waals surface area contributed by atoms with E-state index in [9.17, 15) is 13.2 Å². The second-order valence-corrected chi connectivity index (χ2v) is 8.28. The number of ether oxygens (including phenoxy) is 1. The first kappa shape index (κ1) is 20.2. The van der Waals surface area contributed by atoms with Gasteiger partial charge in [0.2, 0.25) is 0 Å². The second-order valence-electron chi connectivity index (χ2n) is 7.87. The fourth-order valence-electron chi connectivity index (χ4n) is 4.27. The van der Waals surface area contributed by atoms with Gasteiger partial charge in [-0.05, 0) is 42.7 Å². The van der Waals surface area contributed by atoms with Crippen molar-refractivity contribution in [1.82, 2.24) is 15.4 Å². The van der Waals surface area contributed by atoms with Gasteiger partial charge in [-0.3, -0.25) is 10.3 Å². The van der Waals surface area contributed by atoms with E-state index in [0.717, 1.165) is 31.4 Å². The summed E-state index contributed by atoms with van der Waals surface area (Å²) >= 11 is 6.44. The van der Waals surface area contributed by atoms with Gasteiger partial charge in [0.25, 0.3) is 0 Å². The van der Waals surface area contributed by atoms with E-state index in [2.05, 4.69) is 26.3 Å². The summed E-state index contributed by atoms with van der Waals surface area (Å²) in [5.41, 5.74) is 5.30. The first-order valence-electron chi connectivity index (χ1n) is 10.0. The molecule has 1 fully saturated rings. The summed E-state index contributed by atoms with van der Waals surface area (Å²) in [6.07, 6.45) is 2.60. The molecule has 2 aliphatic rings. The van der Waals surface area contributed by atoms with Crippen LogP contribution in [0.5, 0.6) is 5.75 Å². The SMILES string of the molecule is FC(F)(F)Oc1ccccc1-c1cc(Cl)c2nc(C3=CC4(CCCCC4)ON3)[nH]c2c1. The number of imidazole rings is 1. The first-order valence-corrected chi connectivity index (χ1v) is 10.4. The van der Waals surface area contributed by atoms with Crippen LogP contribution < -0.4 is 10.2 Å². The van der Waals surface area contributed by atoms with Crippen LogP contribution in [0.25, 0.3) is 27.9 Å². The van der Waals surface area contributed by atoms with Crippen LogP contribution in [0.15, 0.2) is 42.5 Å². The maximum atomic E-state index is 12.8. The lowest BCUT2D eigenvalue weighted by atomic mass is 9.84. The van der Waals surface area contributed by atoms with Crippen molar-refractivity contribution in [2.75, 3.05) is 0 Å². The van der Waals surface area contributed by atoms with E-state index in [1.54, 1.807) is 24.3 Å². The molecule has 2 aromatic carbocycles. The number of hydrogen-bond donors (Lipinski definition) is 2. The fraction of sp³-hybridized carbons (Fsp3) is 0.318. The Kier molecular flexibility index (Phi) is 4.86. The van der Waals surface area contributed by atoms with Gasteiger partial charge >= 0.3 is 6.36 Å². The molecule has 1 spiro atoms. The maximum Gasteiger partial charge on any atom is 0.573 e. The Morgan fingerprint density at radius 1 is 1.10 bits per heavy atom. The molecule has 0 bridgehead atoms. The Bertz CT molecular complexity index is 1170. The van der Waals surface area contributed by atoms with Gasteiger partial charge in [-0.15, -0.1) is 13.2 Å². The zero-order valence-electron chi connectivity index (χ0n) is 16.4. The van der Waals surface area contributed by atoms with Gasteiger partial charge < -0.3 is 9.72 Å². The van der Waals surface area contributed by atoms with Gasteiger partial charge in [0.05, 0.1) is 10.5 Å². The number of alkyl halides is 3. The number of nitrogens with one attached hydrogen (secondary N) is 2. The summed E-state index contributed by atoms with van der Waals surface area (Å²) < 4.78 is 42.6. The van der Waals surface area contributed by atoms with Crippen LogP contribution in [-0.2, 0) is 4.84 Å². The predicted octanol–water partition coefficient (Wildman–Crippen LogP) is 6.36. The summed E-state index contributed by atoms with van der Waals surface area (Å²) in [6, 6.07) is 9.25. The van der Waals surface area contributed by atoms with Gasteiger partial charge in [-0.25, -0.2) is 4.98 Å². The third-order valence-electron chi connectivity index (χ3n) is 5.69. The van der Waals surface area contributed by atoms with Crippen molar-refractivity contribution in [3.8, 4) is 16.9 Å². The third-order valence-corrected chi connectivity index (χ3v) is 5.98. The number of fused-ring (bicyclic) bond motifs is 1. The summed E-state index contributed by atoms with van der Waals surface area (Å²) in [5, 5.41) is 0.323. The van der Waals surface area contributed by atoms with E-state index in [1.807, 2.05) is 0 Å². The third kappa shape index (κ3) is 3.97. The molecule has 1 aromatic heterocycles. The zero-order valence-corrected chi connectivity index (χ0v) is 17.1. The van der Waals surface area contributed by atoms with Crippen molar-refractivity contribution in [2.45, 2.75) is 44.1 Å². The predicted molar refractivity (Wildman–Crippen MR) is 111 cm³/mol. The number of aromatic amines is 1. The molecule has 1 saturated carbocycles. The number of benzene rings is 2. The lowest BCUT2D eigenvalue weighted by molar-refractivity contribution is -0.274. The highest BCUT2D eigenvalue weighted by Crippen LogP contribution is 2.40. The Hall–Kier alpha value is -2.71. The van der Waals surface area contributed by atoms with Crippen LogP contribution in [0.1, 0.15) is 37.9 Å². The first-order chi connectivity index (χ1) is 14.8. The summed E-state index contributed by atoms with van der Waals surface area (Å²) in [4.78, 5) is 13.7. The molecule has 9 heteroatoms. The molecule has 0 unspecified atom stereocenters. The highest BCUT2D eigenvalue weighted by Gasteiger charge is 2.37. The van der Waals surface area contributed by atoms with Gasteiger partial charge in [-0.1, -0.05) is 49.1 Å². The average molecular weight is 450 g/mol. The zero-order chi connectivity index (χ0) is 21.6. The molecule has 2 heterocycles. The molecule has 1 aliphatic carbocycles. The molecule has 1 aliphatic heterocycles. The number of H-pyrrole nitrogens is 1. The van der Waals surface area contributed by atoms with E-state index in [0.29, 0.717) is 27.4 Å². The van der Waals surface area contributed by atoms with E-state index in [-0.39, 0.29) is 16.9 Å². The van der Waals surface area contributed by atoms with E-state index in [4.69, 9.17) is 16.4 Å². The van der Waals surface area contributed by atoms with Crippen LogP contribution >= 0.6 is 11.6 Å². The van der Waals surface area contributed by atoms with Crippen molar-refractivity contribution in [3.05, 3.63) is 53.3 Å². The number of aromatic nitrogens is 2. The quantitative estimate of drug-likeness (QED) is 0.488. The van der Waals surface area contributed by atoms with Crippen molar-refractivity contribution in [1.29, 1.82) is 0 Å². The minimum atomic E-state index is -4.79. The minimum absolute atomic E-state index is 0.280. The lowest BCUT2D eigenvalue weighted by Crippen LogP contribution is -2.31. The van der Waals surface area contributed by atoms with E-state index >= 15 is 0 Å². The van der Waals surface area contributed by atoms with Crippen LogP contribution in [0.2, 0.25) is 5.02 Å². The molecular formula is C22H19ClF3N3O2. The molecule has 0 radical (unpaired) electrons. The molecule has 3 aromatic rings. The van der Waals surface area contributed by atoms with Crippen LogP contribution in [0, 0.1) is 0 Å². The molecule has 2 N–H and O–H groups in total. The molecule has 0 saturated heterocycles. The molecule has 31 heavy (non-hydrogen) atoms. The monoisotopic (exact) mass is 449 g/mol. The number of para-hydroxylation sites is 1. The molecule has 162 valence electrons. The molecule has 5 rings (SSSR count). The van der Waals surface area contributed by atoms with Gasteiger partial charge in [0.1, 0.15) is 22.6 Å². The maximum absolute atomic E-state index is 12.8. The standard InChI is InChI=1S/C22H19ClF3N3O2/c23-15-10-13(14-6-2-3-7-18(14)30-22(24,25)26)11-16-19(15)28-20(27-16)17-12-21(31-29-17)8-4-1-5-9-21/h2-3,6-7,10-12,29H,1,4-5,8-9H2,(H,27,28). The van der Waals surface area contributed by atoms with Crippen molar-refractivity contribution in [2.24, 2.45) is 0 Å². The van der Waals surface area contributed by atoms with E-state index < -0.39 is 6.36 Å². The van der Waals surface area contributed by atoms with Gasteiger partial charge in [0.15, 0.2) is 5.82 Å². The Balaban J connectivity index is 1.53. The van der Waals surface area contributed by atoms with Crippen molar-refractivity contribution >= 4 is 28.3 Å². The Morgan fingerprint density at radius 2 is 1.87 bits per heavy atom. The summed E-state index contributed by atoms with van der Waals surface area (Å²) in [6.45, 7) is 0. The van der Waals surface area contributed by atoms with Gasteiger partial charge in [0, 0.05) is 5.56 Å². The number of halogens is 4. The lowest BCUT2D eigenvalue weighted by Gasteiger charge is -2.29. The number of hydroxylamine groups is 1. The number of rotatable bonds is 3. The van der Waals surface area contributed by atoms with Crippen LogP contribution in [-0.4, -0.2) is 21.9 Å². The highest BCUT2D eigenvalue weighted by molar-refractivity contribution is 6.35. The molecular weight excluding hydrogens is 431 g/mol. The van der Waals surface area contributed by atoms with Crippen LogP contribution in [0.3, 0.4) is 0 Å². The summed E-state index contributed by atoms with van der Waals surface area (Å²) in [7, 11) is 0. The second kappa shape index (κ2) is 7.46. The van der Waals surface area contributed by atoms with E-state index in [1.165, 1.54) is 18.6 Å². The molecule has 0 atom stereocenters. The summed E-state index contributed by atoms with van der Waals surface area (Å²) in [5.74, 6) is 0.272. The topological polar surface area (TPSA) is 59.2 Å². The van der Waals surface area contributed by atoms with Crippen molar-refractivity contribution in [3.63, 3.8) is 0 Å². The number of hydrogen-bond acceptors (Lipinski definition) is 4. The van der Waals surface area contributed by atoms with Crippen LogP contribution in [0.4, 0.5) is 13.2 Å². The minimum Gasteiger partial charge on any atom is -0.405 e. The average Bonchev–Trinajstić information content (AvgIpc) is 3.33.